The van der Waals surface area contributed by atoms with Crippen molar-refractivity contribution in [3.63, 3.8) is 0 Å². The predicted octanol–water partition coefficient (Wildman–Crippen LogP) is 6.28. The van der Waals surface area contributed by atoms with Gasteiger partial charge in [-0.05, 0) is 42.6 Å². The number of aryl methyl sites for hydroxylation is 1. The summed E-state index contributed by atoms with van der Waals surface area (Å²) in [6, 6.07) is 12.2. The highest BCUT2D eigenvalue weighted by Gasteiger charge is 2.32. The third-order valence-corrected chi connectivity index (χ3v) is 5.83. The zero-order valence-corrected chi connectivity index (χ0v) is 17.0. The number of halogens is 4. The van der Waals surface area contributed by atoms with E-state index in [0.717, 1.165) is 28.5 Å². The Bertz CT molecular complexity index is 1410. The smallest absolute Gasteiger partial charge is 0.416 e. The van der Waals surface area contributed by atoms with Crippen molar-refractivity contribution in [2.24, 2.45) is 0 Å². The van der Waals surface area contributed by atoms with E-state index in [2.05, 4.69) is 0 Å². The molecule has 1 aliphatic heterocycles. The lowest BCUT2D eigenvalue weighted by atomic mass is 9.99. The van der Waals surface area contributed by atoms with Crippen molar-refractivity contribution in [3.05, 3.63) is 80.7 Å². The summed E-state index contributed by atoms with van der Waals surface area (Å²) in [4.78, 5) is 14.0. The topological polar surface area (TPSA) is 42.7 Å². The first-order chi connectivity index (χ1) is 14.7. The van der Waals surface area contributed by atoms with E-state index in [-0.39, 0.29) is 17.4 Å². The fourth-order valence-corrected chi connectivity index (χ4v) is 4.26. The molecular weight excluding hydrogens is 431 g/mol. The summed E-state index contributed by atoms with van der Waals surface area (Å²) in [6.45, 7) is 2.10. The first-order valence-electron chi connectivity index (χ1n) is 9.46. The van der Waals surface area contributed by atoms with Gasteiger partial charge in [0.25, 0.3) is 0 Å². The molecule has 158 valence electrons. The molecule has 0 spiro atoms. The summed E-state index contributed by atoms with van der Waals surface area (Å²) < 4.78 is 51.0. The fraction of sp³-hybridized carbons (Fsp3) is 0.174. The summed E-state index contributed by atoms with van der Waals surface area (Å²) in [5, 5.41) is 2.15. The maximum atomic E-state index is 13.2. The molecule has 0 N–H and O–H groups in total. The van der Waals surface area contributed by atoms with E-state index < -0.39 is 17.4 Å². The largest absolute Gasteiger partial charge is 0.472 e. The maximum absolute atomic E-state index is 13.2. The van der Waals surface area contributed by atoms with Crippen molar-refractivity contribution in [3.8, 4) is 5.75 Å². The molecule has 4 nitrogen and oxygen atoms in total. The van der Waals surface area contributed by atoms with Crippen LogP contribution in [0.25, 0.3) is 21.7 Å². The van der Waals surface area contributed by atoms with Gasteiger partial charge in [-0.2, -0.15) is 13.2 Å². The van der Waals surface area contributed by atoms with E-state index >= 15 is 0 Å². The zero-order chi connectivity index (χ0) is 21.9. The molecule has 8 heteroatoms. The standard InChI is InChI=1S/C23H15ClF3NO3/c1-12-20-13(8-17-15-4-2-3-5-16(15)22(29)31-21(12)17)10-28(11-30-20)19-9-14(23(25,26)27)6-7-18(19)24/h2-9H,10-11H2,1H3. The number of hydrogen-bond acceptors (Lipinski definition) is 4. The molecule has 0 aliphatic carbocycles. The number of ether oxygens (including phenoxy) is 1. The highest BCUT2D eigenvalue weighted by Crippen LogP contribution is 2.40. The predicted molar refractivity (Wildman–Crippen MR) is 113 cm³/mol. The molecule has 0 atom stereocenters. The number of benzene rings is 3. The van der Waals surface area contributed by atoms with E-state index in [1.165, 1.54) is 6.07 Å². The Morgan fingerprint density at radius 1 is 1.03 bits per heavy atom. The van der Waals surface area contributed by atoms with Crippen LogP contribution in [0.3, 0.4) is 0 Å². The third kappa shape index (κ3) is 3.20. The van der Waals surface area contributed by atoms with E-state index in [4.69, 9.17) is 20.8 Å². The number of alkyl halides is 3. The van der Waals surface area contributed by atoms with Crippen LogP contribution in [-0.2, 0) is 12.7 Å². The number of rotatable bonds is 1. The van der Waals surface area contributed by atoms with E-state index in [9.17, 15) is 18.0 Å². The highest BCUT2D eigenvalue weighted by atomic mass is 35.5. The molecule has 3 aromatic carbocycles. The van der Waals surface area contributed by atoms with Gasteiger partial charge in [-0.25, -0.2) is 4.79 Å². The third-order valence-electron chi connectivity index (χ3n) is 5.51. The van der Waals surface area contributed by atoms with Crippen molar-refractivity contribution < 1.29 is 22.3 Å². The monoisotopic (exact) mass is 445 g/mol. The van der Waals surface area contributed by atoms with Gasteiger partial charge < -0.3 is 14.1 Å². The second-order valence-electron chi connectivity index (χ2n) is 7.44. The second-order valence-corrected chi connectivity index (χ2v) is 7.84. The molecule has 0 saturated carbocycles. The minimum absolute atomic E-state index is 0.0121. The Morgan fingerprint density at radius 2 is 1.77 bits per heavy atom. The van der Waals surface area contributed by atoms with Gasteiger partial charge in [0.15, 0.2) is 6.73 Å². The van der Waals surface area contributed by atoms with E-state index in [0.29, 0.717) is 28.8 Å². The van der Waals surface area contributed by atoms with Crippen LogP contribution in [0.5, 0.6) is 5.75 Å². The lowest BCUT2D eigenvalue weighted by molar-refractivity contribution is -0.137. The van der Waals surface area contributed by atoms with Crippen LogP contribution in [0.1, 0.15) is 16.7 Å². The fourth-order valence-electron chi connectivity index (χ4n) is 4.02. The molecule has 0 fully saturated rings. The minimum Gasteiger partial charge on any atom is -0.472 e. The van der Waals surface area contributed by atoms with Crippen molar-refractivity contribution in [1.82, 2.24) is 0 Å². The molecule has 5 rings (SSSR count). The number of fused-ring (bicyclic) bond motifs is 4. The zero-order valence-electron chi connectivity index (χ0n) is 16.2. The molecule has 1 aliphatic rings. The average molecular weight is 446 g/mol. The van der Waals surface area contributed by atoms with Crippen molar-refractivity contribution in [2.75, 3.05) is 11.6 Å². The molecule has 2 heterocycles. The van der Waals surface area contributed by atoms with Crippen LogP contribution in [0.4, 0.5) is 18.9 Å². The van der Waals surface area contributed by atoms with E-state index in [1.807, 2.05) is 18.2 Å². The summed E-state index contributed by atoms with van der Waals surface area (Å²) in [5.74, 6) is 0.560. The number of anilines is 1. The van der Waals surface area contributed by atoms with Crippen LogP contribution >= 0.6 is 11.6 Å². The summed E-state index contributed by atoms with van der Waals surface area (Å²) in [6.07, 6.45) is -4.48. The summed E-state index contributed by atoms with van der Waals surface area (Å²) in [7, 11) is 0. The van der Waals surface area contributed by atoms with Crippen molar-refractivity contribution >= 4 is 39.0 Å². The lowest BCUT2D eigenvalue weighted by Crippen LogP contribution is -2.32. The lowest BCUT2D eigenvalue weighted by Gasteiger charge is -2.32. The minimum atomic E-state index is -4.48. The first-order valence-corrected chi connectivity index (χ1v) is 9.84. The van der Waals surface area contributed by atoms with Gasteiger partial charge in [0, 0.05) is 23.1 Å². The number of nitrogens with zero attached hydrogens (tertiary/aromatic N) is 1. The van der Waals surface area contributed by atoms with Crippen LogP contribution in [0, 0.1) is 6.92 Å². The normalized spacial score (nSPS) is 14.0. The van der Waals surface area contributed by atoms with Crippen LogP contribution < -0.4 is 15.3 Å². The number of hydrogen-bond donors (Lipinski definition) is 0. The molecule has 0 radical (unpaired) electrons. The maximum Gasteiger partial charge on any atom is 0.416 e. The summed E-state index contributed by atoms with van der Waals surface area (Å²) in [5.41, 5.74) is 0.908. The molecule has 0 amide bonds. The highest BCUT2D eigenvalue weighted by molar-refractivity contribution is 6.33. The Balaban J connectivity index is 1.65. The van der Waals surface area contributed by atoms with Crippen LogP contribution in [0.15, 0.2) is 57.7 Å². The Morgan fingerprint density at radius 3 is 2.52 bits per heavy atom. The Hall–Kier alpha value is -3.19. The van der Waals surface area contributed by atoms with Gasteiger partial charge in [0.1, 0.15) is 11.3 Å². The second kappa shape index (κ2) is 6.92. The first kappa shape index (κ1) is 19.8. The molecule has 0 saturated heterocycles. The van der Waals surface area contributed by atoms with Crippen molar-refractivity contribution in [1.29, 1.82) is 0 Å². The molecule has 31 heavy (non-hydrogen) atoms. The van der Waals surface area contributed by atoms with Gasteiger partial charge in [0.05, 0.1) is 21.7 Å². The quantitative estimate of drug-likeness (QED) is 0.255. The molecule has 1 aromatic heterocycles. The van der Waals surface area contributed by atoms with Gasteiger partial charge in [-0.15, -0.1) is 0 Å². The van der Waals surface area contributed by atoms with Gasteiger partial charge in [0.2, 0.25) is 0 Å². The van der Waals surface area contributed by atoms with Crippen LogP contribution in [0.2, 0.25) is 5.02 Å². The van der Waals surface area contributed by atoms with E-state index in [1.54, 1.807) is 24.0 Å². The Labute approximate surface area is 179 Å². The SMILES string of the molecule is Cc1c2c(cc3c1oc(=O)c1ccccc13)CN(c1cc(C(F)(F)F)ccc1Cl)CO2. The molecule has 0 unspecified atom stereocenters. The van der Waals surface area contributed by atoms with Crippen LogP contribution in [-0.4, -0.2) is 6.73 Å². The Kier molecular flexibility index (Phi) is 4.41. The average Bonchev–Trinajstić information content (AvgIpc) is 2.74. The molecular formula is C23H15ClF3NO3. The summed E-state index contributed by atoms with van der Waals surface area (Å²) >= 11 is 6.21. The van der Waals surface area contributed by atoms with Gasteiger partial charge in [-0.1, -0.05) is 29.8 Å². The van der Waals surface area contributed by atoms with Gasteiger partial charge >= 0.3 is 11.8 Å². The molecule has 0 bridgehead atoms. The van der Waals surface area contributed by atoms with Crippen molar-refractivity contribution in [2.45, 2.75) is 19.6 Å². The molecule has 4 aromatic rings. The van der Waals surface area contributed by atoms with Gasteiger partial charge in [-0.3, -0.25) is 0 Å².